The van der Waals surface area contributed by atoms with E-state index in [1.54, 1.807) is 17.0 Å². The molecule has 1 aromatic heterocycles. The number of carbonyl (C=O) groups is 4. The normalized spacial score (nSPS) is 10.7. The van der Waals surface area contributed by atoms with Crippen LogP contribution in [-0.2, 0) is 27.5 Å². The molecule has 0 atom stereocenters. The first-order chi connectivity index (χ1) is 22.5. The number of thiophene rings is 1. The summed E-state index contributed by atoms with van der Waals surface area (Å²) < 4.78 is 56.6. The monoisotopic (exact) mass is 694 g/mol. The summed E-state index contributed by atoms with van der Waals surface area (Å²) in [6.45, 7) is 8.22. The first-order valence-electron chi connectivity index (χ1n) is 14.1. The van der Waals surface area contributed by atoms with Crippen molar-refractivity contribution in [1.29, 1.82) is 5.41 Å². The van der Waals surface area contributed by atoms with E-state index in [0.717, 1.165) is 23.0 Å². The van der Waals surface area contributed by atoms with Crippen LogP contribution in [0.1, 0.15) is 39.5 Å². The van der Waals surface area contributed by atoms with E-state index in [0.29, 0.717) is 11.4 Å². The number of hydrogen-bond donors (Lipinski definition) is 3. The van der Waals surface area contributed by atoms with Crippen molar-refractivity contribution >= 4 is 41.1 Å². The highest BCUT2D eigenvalue weighted by Crippen LogP contribution is 2.24. The number of aliphatic carboxylic acids is 1. The Balaban J connectivity index is 0.00000103. The molecule has 0 unspecified atom stereocenters. The molecule has 16 heteroatoms. The number of ether oxygens (including phenoxy) is 2. The minimum atomic E-state index is -5.08. The Morgan fingerprint density at radius 1 is 1.06 bits per heavy atom. The molecule has 4 N–H and O–H groups in total. The van der Waals surface area contributed by atoms with Crippen molar-refractivity contribution in [2.45, 2.75) is 33.2 Å². The number of carboxylic acids is 1. The summed E-state index contributed by atoms with van der Waals surface area (Å²) in [6.07, 6.45) is -3.54. The van der Waals surface area contributed by atoms with E-state index in [4.69, 9.17) is 30.5 Å². The number of nitrogen functional groups attached to an aromatic ring is 1. The highest BCUT2D eigenvalue weighted by Gasteiger charge is 2.38. The molecule has 2 aromatic carbocycles. The number of nitrogens with zero attached hydrogens (tertiary/aromatic N) is 2. The van der Waals surface area contributed by atoms with Crippen LogP contribution in [0.5, 0.6) is 5.75 Å². The standard InChI is InChI=1S/C30H33FN4O5S.C2HF3O2/c1-4-14-34(18-27(36)39-19-21-8-6-5-7-9-21)30(38)35(16-20(2)3)17-23-11-13-26(41-23)29(37)40-25-12-10-22(28(32)33)15-24(25)31;3-2(4,5)1(6)7/h4-13,15,20H,1,14,16-19H2,2-3H3,(H3,32,33);(H,6,7). The van der Waals surface area contributed by atoms with Crippen molar-refractivity contribution in [3.8, 4) is 5.75 Å². The minimum absolute atomic E-state index is 0.102. The van der Waals surface area contributed by atoms with Gasteiger partial charge in [0.25, 0.3) is 0 Å². The molecule has 3 aromatic rings. The van der Waals surface area contributed by atoms with E-state index >= 15 is 0 Å². The Kier molecular flexibility index (Phi) is 14.7. The molecule has 2 amide bonds. The summed E-state index contributed by atoms with van der Waals surface area (Å²) in [6, 6.07) is 15.8. The molecule has 0 radical (unpaired) electrons. The second kappa shape index (κ2) is 18.2. The van der Waals surface area contributed by atoms with Gasteiger partial charge in [0, 0.05) is 23.5 Å². The van der Waals surface area contributed by atoms with Crippen LogP contribution in [0, 0.1) is 17.1 Å². The van der Waals surface area contributed by atoms with Gasteiger partial charge in [-0.05, 0) is 41.8 Å². The summed E-state index contributed by atoms with van der Waals surface area (Å²) >= 11 is 1.12. The van der Waals surface area contributed by atoms with E-state index in [-0.39, 0.29) is 60.2 Å². The average molecular weight is 695 g/mol. The smallest absolute Gasteiger partial charge is 0.475 e. The number of urea groups is 1. The maximum absolute atomic E-state index is 14.3. The number of amidine groups is 1. The second-order valence-corrected chi connectivity index (χ2v) is 11.6. The topological polar surface area (TPSA) is 163 Å². The molecule has 11 nitrogen and oxygen atoms in total. The maximum atomic E-state index is 14.3. The summed E-state index contributed by atoms with van der Waals surface area (Å²) in [7, 11) is 0. The molecule has 0 aliphatic rings. The number of hydrogen-bond acceptors (Lipinski definition) is 8. The number of nitrogens with one attached hydrogen (secondary N) is 1. The lowest BCUT2D eigenvalue weighted by Crippen LogP contribution is -2.46. The zero-order valence-electron chi connectivity index (χ0n) is 26.0. The first-order valence-corrected chi connectivity index (χ1v) is 14.9. The van der Waals surface area contributed by atoms with Crippen LogP contribution in [0.3, 0.4) is 0 Å². The molecule has 0 saturated carbocycles. The van der Waals surface area contributed by atoms with Gasteiger partial charge in [-0.1, -0.05) is 50.3 Å². The highest BCUT2D eigenvalue weighted by molar-refractivity contribution is 7.13. The Hall–Kier alpha value is -5.25. The first kappa shape index (κ1) is 38.9. The molecule has 0 aliphatic heterocycles. The van der Waals surface area contributed by atoms with Crippen LogP contribution in [0.15, 0.2) is 73.3 Å². The van der Waals surface area contributed by atoms with Gasteiger partial charge in [-0.25, -0.2) is 18.8 Å². The zero-order valence-corrected chi connectivity index (χ0v) is 26.8. The second-order valence-electron chi connectivity index (χ2n) is 10.4. The van der Waals surface area contributed by atoms with Crippen molar-refractivity contribution in [1.82, 2.24) is 9.80 Å². The predicted molar refractivity (Wildman–Crippen MR) is 169 cm³/mol. The molecule has 0 aliphatic carbocycles. The van der Waals surface area contributed by atoms with Crippen LogP contribution < -0.4 is 10.5 Å². The number of benzene rings is 2. The Morgan fingerprint density at radius 2 is 1.71 bits per heavy atom. The van der Waals surface area contributed by atoms with Gasteiger partial charge < -0.3 is 30.1 Å². The number of amides is 2. The molecule has 0 saturated heterocycles. The summed E-state index contributed by atoms with van der Waals surface area (Å²) in [5.41, 5.74) is 6.38. The number of halogens is 4. The summed E-state index contributed by atoms with van der Waals surface area (Å²) in [5.74, 6) is -5.34. The molecular weight excluding hydrogens is 660 g/mol. The largest absolute Gasteiger partial charge is 0.490 e. The van der Waals surface area contributed by atoms with Crippen LogP contribution in [-0.4, -0.2) is 70.5 Å². The van der Waals surface area contributed by atoms with Crippen LogP contribution >= 0.6 is 11.3 Å². The molecule has 258 valence electrons. The summed E-state index contributed by atoms with van der Waals surface area (Å²) in [4.78, 5) is 51.5. The molecule has 3 rings (SSSR count). The Labute approximate surface area is 277 Å². The van der Waals surface area contributed by atoms with Gasteiger partial charge in [0.05, 0.1) is 6.54 Å². The van der Waals surface area contributed by atoms with E-state index < -0.39 is 29.9 Å². The maximum Gasteiger partial charge on any atom is 0.490 e. The highest BCUT2D eigenvalue weighted by atomic mass is 32.1. The average Bonchev–Trinajstić information content (AvgIpc) is 3.49. The van der Waals surface area contributed by atoms with Crippen molar-refractivity contribution in [3.05, 3.63) is 100 Å². The number of rotatable bonds is 13. The zero-order chi connectivity index (χ0) is 36.0. The third kappa shape index (κ3) is 12.9. The number of carbonyl (C=O) groups excluding carboxylic acids is 3. The van der Waals surface area contributed by atoms with Gasteiger partial charge >= 0.3 is 30.1 Å². The lowest BCUT2D eigenvalue weighted by atomic mass is 10.2. The lowest BCUT2D eigenvalue weighted by Gasteiger charge is -2.30. The van der Waals surface area contributed by atoms with Gasteiger partial charge in [0.2, 0.25) is 0 Å². The summed E-state index contributed by atoms with van der Waals surface area (Å²) in [5, 5.41) is 14.5. The molecule has 0 fully saturated rings. The fraction of sp³-hybridized carbons (Fsp3) is 0.281. The molecule has 48 heavy (non-hydrogen) atoms. The van der Waals surface area contributed by atoms with E-state index in [9.17, 15) is 31.9 Å². The van der Waals surface area contributed by atoms with Crippen molar-refractivity contribution in [3.63, 3.8) is 0 Å². The van der Waals surface area contributed by atoms with Crippen LogP contribution in [0.25, 0.3) is 0 Å². The number of nitrogens with two attached hydrogens (primary N) is 1. The molecule has 0 bridgehead atoms. The van der Waals surface area contributed by atoms with Gasteiger partial charge in [-0.3, -0.25) is 10.2 Å². The third-order valence-corrected chi connectivity index (χ3v) is 6.99. The SMILES string of the molecule is C=CCN(CC(=O)OCc1ccccc1)C(=O)N(Cc1ccc(C(=O)Oc2ccc(C(=N)N)cc2F)s1)CC(C)C.O=C(O)C(F)(F)F. The predicted octanol–water partition coefficient (Wildman–Crippen LogP) is 5.83. The fourth-order valence-corrected chi connectivity index (χ4v) is 4.72. The Morgan fingerprint density at radius 3 is 2.25 bits per heavy atom. The fourth-order valence-electron chi connectivity index (χ4n) is 3.82. The number of esters is 2. The van der Waals surface area contributed by atoms with Gasteiger partial charge in [-0.2, -0.15) is 13.2 Å². The third-order valence-electron chi connectivity index (χ3n) is 5.94. The van der Waals surface area contributed by atoms with E-state index in [1.807, 2.05) is 44.2 Å². The van der Waals surface area contributed by atoms with Gasteiger partial charge in [-0.15, -0.1) is 17.9 Å². The van der Waals surface area contributed by atoms with E-state index in [1.165, 1.54) is 23.1 Å². The number of alkyl halides is 3. The van der Waals surface area contributed by atoms with Crippen LogP contribution in [0.2, 0.25) is 0 Å². The quantitative estimate of drug-likeness (QED) is 0.0502. The Bertz CT molecular complexity index is 1600. The number of carboxylic acid groups (broad SMARTS) is 1. The molecule has 1 heterocycles. The van der Waals surface area contributed by atoms with Crippen molar-refractivity contribution in [2.75, 3.05) is 19.6 Å². The minimum Gasteiger partial charge on any atom is -0.475 e. The van der Waals surface area contributed by atoms with Gasteiger partial charge in [0.1, 0.15) is 23.9 Å². The van der Waals surface area contributed by atoms with Crippen LogP contribution in [0.4, 0.5) is 22.4 Å². The van der Waals surface area contributed by atoms with Crippen molar-refractivity contribution < 1.29 is 51.3 Å². The van der Waals surface area contributed by atoms with Crippen molar-refractivity contribution in [2.24, 2.45) is 11.7 Å². The van der Waals surface area contributed by atoms with E-state index in [2.05, 4.69) is 6.58 Å². The molecule has 0 spiro atoms. The molecular formula is C32H34F4N4O7S. The van der Waals surface area contributed by atoms with Gasteiger partial charge in [0.15, 0.2) is 11.6 Å². The lowest BCUT2D eigenvalue weighted by molar-refractivity contribution is -0.192.